The van der Waals surface area contributed by atoms with Crippen LogP contribution in [-0.4, -0.2) is 12.9 Å². The molecule has 1 aromatic rings. The quantitative estimate of drug-likeness (QED) is 0.760. The van der Waals surface area contributed by atoms with Crippen LogP contribution in [0.5, 0.6) is 5.75 Å². The molecule has 0 aromatic heterocycles. The fourth-order valence-corrected chi connectivity index (χ4v) is 2.50. The summed E-state index contributed by atoms with van der Waals surface area (Å²) in [7, 11) is 1.66. The van der Waals surface area contributed by atoms with Crippen molar-refractivity contribution in [2.45, 2.75) is 32.6 Å². The van der Waals surface area contributed by atoms with Gasteiger partial charge in [-0.05, 0) is 42.0 Å². The zero-order chi connectivity index (χ0) is 11.7. The van der Waals surface area contributed by atoms with Crippen LogP contribution in [0.2, 0.25) is 0 Å². The van der Waals surface area contributed by atoms with Crippen LogP contribution in [-0.2, 0) is 0 Å². The third-order valence-corrected chi connectivity index (χ3v) is 3.45. The second-order valence-corrected chi connectivity index (χ2v) is 4.77. The maximum Gasteiger partial charge on any atom is 0.163 e. The van der Waals surface area contributed by atoms with Crippen LogP contribution in [0.15, 0.2) is 18.2 Å². The van der Waals surface area contributed by atoms with E-state index in [1.54, 1.807) is 7.11 Å². The molecule has 0 N–H and O–H groups in total. The monoisotopic (exact) mass is 218 g/mol. The Morgan fingerprint density at radius 1 is 1.38 bits per heavy atom. The molecule has 2 rings (SSSR count). The fourth-order valence-electron chi connectivity index (χ4n) is 2.50. The number of benzene rings is 1. The van der Waals surface area contributed by atoms with Crippen molar-refractivity contribution in [2.75, 3.05) is 7.11 Å². The molecule has 0 amide bonds. The molecule has 0 fully saturated rings. The fraction of sp³-hybridized carbons (Fsp3) is 0.500. The topological polar surface area (TPSA) is 26.3 Å². The second kappa shape index (κ2) is 4.28. The number of methoxy groups -OCH3 is 1. The summed E-state index contributed by atoms with van der Waals surface area (Å²) in [4.78, 5) is 11.8. The Balaban J connectivity index is 2.49. The summed E-state index contributed by atoms with van der Waals surface area (Å²) in [5.41, 5.74) is 2.07. The van der Waals surface area contributed by atoms with E-state index < -0.39 is 0 Å². The molecule has 0 bridgehead atoms. The van der Waals surface area contributed by atoms with E-state index in [1.165, 1.54) is 5.56 Å². The second-order valence-electron chi connectivity index (χ2n) is 4.77. The van der Waals surface area contributed by atoms with Crippen LogP contribution in [0.3, 0.4) is 0 Å². The first-order valence-electron chi connectivity index (χ1n) is 5.84. The van der Waals surface area contributed by atoms with Gasteiger partial charge in [0.05, 0.1) is 7.11 Å². The van der Waals surface area contributed by atoms with Crippen molar-refractivity contribution in [1.29, 1.82) is 0 Å². The molecule has 0 aliphatic heterocycles. The Hall–Kier alpha value is -1.31. The third-order valence-electron chi connectivity index (χ3n) is 3.45. The van der Waals surface area contributed by atoms with Gasteiger partial charge in [-0.2, -0.15) is 0 Å². The van der Waals surface area contributed by atoms with Crippen molar-refractivity contribution in [3.63, 3.8) is 0 Å². The number of hydrogen-bond acceptors (Lipinski definition) is 2. The Kier molecular flexibility index (Phi) is 2.99. The van der Waals surface area contributed by atoms with E-state index in [1.807, 2.05) is 18.2 Å². The van der Waals surface area contributed by atoms with Crippen LogP contribution in [0, 0.1) is 5.92 Å². The van der Waals surface area contributed by atoms with Crippen LogP contribution < -0.4 is 4.74 Å². The molecule has 0 heterocycles. The number of carbonyl (C=O) groups is 1. The van der Waals surface area contributed by atoms with Crippen molar-refractivity contribution in [1.82, 2.24) is 0 Å². The number of ketones is 1. The largest absolute Gasteiger partial charge is 0.497 e. The molecule has 1 aromatic carbocycles. The molecule has 0 radical (unpaired) electrons. The van der Waals surface area contributed by atoms with Gasteiger partial charge in [-0.25, -0.2) is 0 Å². The maximum atomic E-state index is 11.8. The SMILES string of the molecule is COc1ccc2c(c1)C(C(C)C)CCC2=O. The van der Waals surface area contributed by atoms with Gasteiger partial charge >= 0.3 is 0 Å². The summed E-state index contributed by atoms with van der Waals surface area (Å²) in [5, 5.41) is 0. The first kappa shape index (κ1) is 11.2. The van der Waals surface area contributed by atoms with E-state index in [9.17, 15) is 4.79 Å². The summed E-state index contributed by atoms with van der Waals surface area (Å²) in [6.45, 7) is 4.42. The van der Waals surface area contributed by atoms with E-state index in [0.717, 1.165) is 17.7 Å². The number of carbonyl (C=O) groups excluding carboxylic acids is 1. The number of fused-ring (bicyclic) bond motifs is 1. The molecule has 0 saturated carbocycles. The van der Waals surface area contributed by atoms with E-state index >= 15 is 0 Å². The standard InChI is InChI=1S/C14H18O2/c1-9(2)11-6-7-14(15)12-5-4-10(16-3)8-13(11)12/h4-5,8-9,11H,6-7H2,1-3H3. The van der Waals surface area contributed by atoms with Crippen molar-refractivity contribution in [3.05, 3.63) is 29.3 Å². The first-order valence-corrected chi connectivity index (χ1v) is 5.84. The number of ether oxygens (including phenoxy) is 1. The predicted molar refractivity (Wildman–Crippen MR) is 64.1 cm³/mol. The van der Waals surface area contributed by atoms with E-state index in [-0.39, 0.29) is 5.78 Å². The van der Waals surface area contributed by atoms with Crippen molar-refractivity contribution < 1.29 is 9.53 Å². The highest BCUT2D eigenvalue weighted by molar-refractivity contribution is 5.99. The predicted octanol–water partition coefficient (Wildman–Crippen LogP) is 3.41. The van der Waals surface area contributed by atoms with Gasteiger partial charge < -0.3 is 4.74 Å². The molecule has 1 aliphatic rings. The molecule has 0 saturated heterocycles. The average Bonchev–Trinajstić information content (AvgIpc) is 2.28. The zero-order valence-corrected chi connectivity index (χ0v) is 10.1. The minimum atomic E-state index is 0.273. The molecule has 16 heavy (non-hydrogen) atoms. The Labute approximate surface area is 96.6 Å². The smallest absolute Gasteiger partial charge is 0.163 e. The lowest BCUT2D eigenvalue weighted by molar-refractivity contribution is 0.0963. The van der Waals surface area contributed by atoms with Gasteiger partial charge in [-0.15, -0.1) is 0 Å². The van der Waals surface area contributed by atoms with Crippen molar-refractivity contribution in [2.24, 2.45) is 5.92 Å². The van der Waals surface area contributed by atoms with Crippen LogP contribution in [0.1, 0.15) is 48.5 Å². The van der Waals surface area contributed by atoms with Crippen LogP contribution >= 0.6 is 0 Å². The van der Waals surface area contributed by atoms with E-state index in [4.69, 9.17) is 4.74 Å². The first-order chi connectivity index (χ1) is 7.63. The highest BCUT2D eigenvalue weighted by atomic mass is 16.5. The lowest BCUT2D eigenvalue weighted by Crippen LogP contribution is -2.19. The van der Waals surface area contributed by atoms with Crippen LogP contribution in [0.25, 0.3) is 0 Å². The van der Waals surface area contributed by atoms with E-state index in [2.05, 4.69) is 13.8 Å². The Morgan fingerprint density at radius 2 is 2.12 bits per heavy atom. The number of rotatable bonds is 2. The van der Waals surface area contributed by atoms with Gasteiger partial charge in [0.1, 0.15) is 5.75 Å². The van der Waals surface area contributed by atoms with Gasteiger partial charge in [0, 0.05) is 12.0 Å². The minimum absolute atomic E-state index is 0.273. The molecule has 86 valence electrons. The normalized spacial score (nSPS) is 19.8. The summed E-state index contributed by atoms with van der Waals surface area (Å²) in [6, 6.07) is 5.81. The third kappa shape index (κ3) is 1.84. The lowest BCUT2D eigenvalue weighted by atomic mass is 9.76. The molecule has 1 atom stereocenters. The molecule has 2 heteroatoms. The van der Waals surface area contributed by atoms with Gasteiger partial charge in [-0.1, -0.05) is 13.8 Å². The summed E-state index contributed by atoms with van der Waals surface area (Å²) in [5.74, 6) is 2.18. The van der Waals surface area contributed by atoms with Crippen LogP contribution in [0.4, 0.5) is 0 Å². The molecular formula is C14H18O2. The van der Waals surface area contributed by atoms with Gasteiger partial charge in [0.25, 0.3) is 0 Å². The van der Waals surface area contributed by atoms with Gasteiger partial charge in [0.2, 0.25) is 0 Å². The molecule has 0 spiro atoms. The Bertz CT molecular complexity index is 407. The van der Waals surface area contributed by atoms with E-state index in [0.29, 0.717) is 18.3 Å². The highest BCUT2D eigenvalue weighted by Gasteiger charge is 2.27. The lowest BCUT2D eigenvalue weighted by Gasteiger charge is -2.28. The number of hydrogen-bond donors (Lipinski definition) is 0. The zero-order valence-electron chi connectivity index (χ0n) is 10.1. The maximum absolute atomic E-state index is 11.8. The molecule has 1 aliphatic carbocycles. The summed E-state index contributed by atoms with van der Waals surface area (Å²) < 4.78 is 5.23. The van der Waals surface area contributed by atoms with Gasteiger partial charge in [-0.3, -0.25) is 4.79 Å². The molecular weight excluding hydrogens is 200 g/mol. The van der Waals surface area contributed by atoms with Crippen molar-refractivity contribution in [3.8, 4) is 5.75 Å². The average molecular weight is 218 g/mol. The molecule has 1 unspecified atom stereocenters. The Morgan fingerprint density at radius 3 is 2.75 bits per heavy atom. The van der Waals surface area contributed by atoms with Gasteiger partial charge in [0.15, 0.2) is 5.78 Å². The summed E-state index contributed by atoms with van der Waals surface area (Å²) in [6.07, 6.45) is 1.65. The highest BCUT2D eigenvalue weighted by Crippen LogP contribution is 2.38. The summed E-state index contributed by atoms with van der Waals surface area (Å²) >= 11 is 0. The van der Waals surface area contributed by atoms with Crippen molar-refractivity contribution >= 4 is 5.78 Å². The number of Topliss-reactive ketones (excluding diaryl/α,β-unsaturated/α-hetero) is 1. The molecule has 2 nitrogen and oxygen atoms in total. The minimum Gasteiger partial charge on any atom is -0.497 e.